The first kappa shape index (κ1) is 11.0. The van der Waals surface area contributed by atoms with Crippen LogP contribution in [0.2, 0.25) is 0 Å². The molecule has 2 heteroatoms. The van der Waals surface area contributed by atoms with E-state index in [4.69, 9.17) is 4.74 Å². The van der Waals surface area contributed by atoms with Crippen LogP contribution >= 0.6 is 0 Å². The molecule has 0 bridgehead atoms. The van der Waals surface area contributed by atoms with Crippen molar-refractivity contribution in [1.29, 1.82) is 0 Å². The van der Waals surface area contributed by atoms with Crippen LogP contribution in [0, 0.1) is 5.41 Å². The molecule has 0 spiro atoms. The normalized spacial score (nSPS) is 33.9. The molecule has 1 aliphatic carbocycles. The number of hydrogen-bond acceptors (Lipinski definition) is 2. The number of ether oxygens (including phenoxy) is 1. The summed E-state index contributed by atoms with van der Waals surface area (Å²) < 4.78 is 5.41. The zero-order valence-electron chi connectivity index (χ0n) is 9.55. The highest BCUT2D eigenvalue weighted by molar-refractivity contribution is 5.03. The summed E-state index contributed by atoms with van der Waals surface area (Å²) in [7, 11) is 1.81. The highest BCUT2D eigenvalue weighted by Crippen LogP contribution is 2.42. The molecular weight excluding hydrogens is 162 g/mol. The maximum absolute atomic E-state index is 5.41. The lowest BCUT2D eigenvalue weighted by Crippen LogP contribution is -2.62. The van der Waals surface area contributed by atoms with E-state index in [9.17, 15) is 0 Å². The lowest BCUT2D eigenvalue weighted by molar-refractivity contribution is -0.0998. The van der Waals surface area contributed by atoms with E-state index in [1.807, 2.05) is 7.11 Å². The molecule has 0 aromatic rings. The van der Waals surface area contributed by atoms with Crippen LogP contribution in [0.25, 0.3) is 0 Å². The van der Waals surface area contributed by atoms with Crippen molar-refractivity contribution in [2.24, 2.45) is 5.41 Å². The third-order valence-electron chi connectivity index (χ3n) is 3.56. The lowest BCUT2D eigenvalue weighted by atomic mass is 9.64. The Bertz CT molecular complexity index is 167. The van der Waals surface area contributed by atoms with Crippen LogP contribution < -0.4 is 5.32 Å². The van der Waals surface area contributed by atoms with Crippen LogP contribution in [0.4, 0.5) is 0 Å². The second-order valence-corrected chi connectivity index (χ2v) is 4.81. The van der Waals surface area contributed by atoms with Gasteiger partial charge in [-0.3, -0.25) is 0 Å². The summed E-state index contributed by atoms with van der Waals surface area (Å²) in [6, 6.07) is 1.26. The molecule has 1 fully saturated rings. The number of rotatable bonds is 4. The van der Waals surface area contributed by atoms with E-state index in [0.717, 1.165) is 6.42 Å². The quantitative estimate of drug-likeness (QED) is 0.725. The van der Waals surface area contributed by atoms with Gasteiger partial charge in [-0.05, 0) is 19.8 Å². The van der Waals surface area contributed by atoms with Crippen LogP contribution in [0.5, 0.6) is 0 Å². The fraction of sp³-hybridized carbons (Fsp3) is 1.00. The first-order valence-electron chi connectivity index (χ1n) is 5.31. The Kier molecular flexibility index (Phi) is 3.36. The van der Waals surface area contributed by atoms with Gasteiger partial charge in [0.05, 0.1) is 6.10 Å². The van der Waals surface area contributed by atoms with Gasteiger partial charge in [-0.1, -0.05) is 20.8 Å². The monoisotopic (exact) mass is 185 g/mol. The van der Waals surface area contributed by atoms with Gasteiger partial charge in [-0.2, -0.15) is 0 Å². The van der Waals surface area contributed by atoms with E-state index in [0.29, 0.717) is 23.6 Å². The van der Waals surface area contributed by atoms with Crippen molar-refractivity contribution in [2.45, 2.75) is 58.7 Å². The van der Waals surface area contributed by atoms with Crippen molar-refractivity contribution in [1.82, 2.24) is 5.32 Å². The predicted octanol–water partition coefficient (Wildman–Crippen LogP) is 2.19. The van der Waals surface area contributed by atoms with E-state index in [2.05, 4.69) is 33.0 Å². The summed E-state index contributed by atoms with van der Waals surface area (Å²) in [6.07, 6.45) is 2.80. The highest BCUT2D eigenvalue weighted by atomic mass is 16.5. The fourth-order valence-corrected chi connectivity index (χ4v) is 2.03. The van der Waals surface area contributed by atoms with Crippen LogP contribution in [-0.2, 0) is 4.74 Å². The summed E-state index contributed by atoms with van der Waals surface area (Å²) in [6.45, 7) is 9.03. The maximum Gasteiger partial charge on any atom is 0.0652 e. The van der Waals surface area contributed by atoms with Gasteiger partial charge >= 0.3 is 0 Å². The average molecular weight is 185 g/mol. The number of nitrogens with one attached hydrogen (secondary N) is 1. The molecule has 0 aromatic heterocycles. The van der Waals surface area contributed by atoms with Crippen LogP contribution in [0.3, 0.4) is 0 Å². The Morgan fingerprint density at radius 3 is 2.54 bits per heavy atom. The molecule has 0 aromatic carbocycles. The van der Waals surface area contributed by atoms with Gasteiger partial charge < -0.3 is 10.1 Å². The molecule has 0 heterocycles. The Morgan fingerprint density at radius 2 is 2.15 bits per heavy atom. The van der Waals surface area contributed by atoms with Crippen LogP contribution in [-0.4, -0.2) is 25.3 Å². The standard InChI is InChI=1S/C11H23NO/c1-6-8(2)12-9-7-10(13-5)11(9,3)4/h8-10,12H,6-7H2,1-5H3. The molecule has 2 nitrogen and oxygen atoms in total. The lowest BCUT2D eigenvalue weighted by Gasteiger charge is -2.52. The van der Waals surface area contributed by atoms with Crippen molar-refractivity contribution in [3.63, 3.8) is 0 Å². The number of hydrogen-bond donors (Lipinski definition) is 1. The average Bonchev–Trinajstić information content (AvgIpc) is 2.10. The van der Waals surface area contributed by atoms with Crippen molar-refractivity contribution in [2.75, 3.05) is 7.11 Å². The molecule has 78 valence electrons. The second-order valence-electron chi connectivity index (χ2n) is 4.81. The molecule has 1 saturated carbocycles. The largest absolute Gasteiger partial charge is 0.381 e. The Hall–Kier alpha value is -0.0800. The summed E-state index contributed by atoms with van der Waals surface area (Å²) in [5.41, 5.74) is 0.304. The smallest absolute Gasteiger partial charge is 0.0652 e. The minimum Gasteiger partial charge on any atom is -0.381 e. The van der Waals surface area contributed by atoms with E-state index in [1.54, 1.807) is 0 Å². The van der Waals surface area contributed by atoms with Crippen molar-refractivity contribution in [3.05, 3.63) is 0 Å². The molecule has 0 amide bonds. The number of methoxy groups -OCH3 is 1. The predicted molar refractivity (Wildman–Crippen MR) is 55.9 cm³/mol. The van der Waals surface area contributed by atoms with Crippen molar-refractivity contribution in [3.8, 4) is 0 Å². The SMILES string of the molecule is CCC(C)NC1CC(OC)C1(C)C. The molecule has 0 saturated heterocycles. The maximum atomic E-state index is 5.41. The van der Waals surface area contributed by atoms with Crippen molar-refractivity contribution < 1.29 is 4.74 Å². The summed E-state index contributed by atoms with van der Waals surface area (Å²) in [5, 5.41) is 3.64. The van der Waals surface area contributed by atoms with Gasteiger partial charge in [0.15, 0.2) is 0 Å². The van der Waals surface area contributed by atoms with Gasteiger partial charge in [0.25, 0.3) is 0 Å². The van der Waals surface area contributed by atoms with Gasteiger partial charge in [0.1, 0.15) is 0 Å². The molecule has 13 heavy (non-hydrogen) atoms. The molecule has 0 radical (unpaired) electrons. The first-order chi connectivity index (χ1) is 6.02. The molecular formula is C11H23NO. The molecule has 1 N–H and O–H groups in total. The summed E-state index contributed by atoms with van der Waals surface area (Å²) in [5.74, 6) is 0. The van der Waals surface area contributed by atoms with E-state index in [1.165, 1.54) is 6.42 Å². The van der Waals surface area contributed by atoms with Gasteiger partial charge in [0.2, 0.25) is 0 Å². The topological polar surface area (TPSA) is 21.3 Å². The van der Waals surface area contributed by atoms with E-state index >= 15 is 0 Å². The Balaban J connectivity index is 2.39. The molecule has 1 aliphatic rings. The minimum atomic E-state index is 0.304. The molecule has 1 rings (SSSR count). The van der Waals surface area contributed by atoms with Gasteiger partial charge in [-0.25, -0.2) is 0 Å². The third-order valence-corrected chi connectivity index (χ3v) is 3.56. The molecule has 3 atom stereocenters. The highest BCUT2D eigenvalue weighted by Gasteiger charge is 2.48. The van der Waals surface area contributed by atoms with Gasteiger partial charge in [-0.15, -0.1) is 0 Å². The van der Waals surface area contributed by atoms with E-state index < -0.39 is 0 Å². The Morgan fingerprint density at radius 1 is 1.54 bits per heavy atom. The zero-order chi connectivity index (χ0) is 10.1. The zero-order valence-corrected chi connectivity index (χ0v) is 9.55. The van der Waals surface area contributed by atoms with Gasteiger partial charge in [0, 0.05) is 24.6 Å². The van der Waals surface area contributed by atoms with Crippen LogP contribution in [0.15, 0.2) is 0 Å². The minimum absolute atomic E-state index is 0.304. The van der Waals surface area contributed by atoms with Crippen molar-refractivity contribution >= 4 is 0 Å². The molecule has 0 aliphatic heterocycles. The van der Waals surface area contributed by atoms with E-state index in [-0.39, 0.29) is 0 Å². The third kappa shape index (κ3) is 2.05. The summed E-state index contributed by atoms with van der Waals surface area (Å²) in [4.78, 5) is 0. The first-order valence-corrected chi connectivity index (χ1v) is 5.31. The van der Waals surface area contributed by atoms with Crippen LogP contribution in [0.1, 0.15) is 40.5 Å². The fourth-order valence-electron chi connectivity index (χ4n) is 2.03. The Labute approximate surface area is 82.0 Å². The summed E-state index contributed by atoms with van der Waals surface area (Å²) >= 11 is 0. The molecule has 3 unspecified atom stereocenters. The second kappa shape index (κ2) is 3.97.